The predicted molar refractivity (Wildman–Crippen MR) is 240 cm³/mol. The average molecular weight is 759 g/mol. The molecule has 0 fully saturated rings. The van der Waals surface area contributed by atoms with E-state index in [1.165, 1.54) is 37.9 Å². The summed E-state index contributed by atoms with van der Waals surface area (Å²) >= 11 is 0. The maximum atomic E-state index is 6.73. The first kappa shape index (κ1) is 33.2. The average Bonchev–Trinajstić information content (AvgIpc) is 3.65. The number of aliphatic imine (C=N–C) groups is 2. The molecule has 2 aliphatic rings. The van der Waals surface area contributed by atoms with Crippen molar-refractivity contribution >= 4 is 55.0 Å². The van der Waals surface area contributed by atoms with Crippen LogP contribution in [0, 0.1) is 0 Å². The van der Waals surface area contributed by atoms with Gasteiger partial charge in [-0.2, -0.15) is 0 Å². The molecule has 0 spiro atoms. The number of nitrogens with zero attached hydrogens (tertiary/aromatic N) is 3. The van der Waals surface area contributed by atoms with Gasteiger partial charge in [0, 0.05) is 22.4 Å². The number of hydrogen-bond acceptors (Lipinski definition) is 5. The lowest BCUT2D eigenvalue weighted by Gasteiger charge is -2.28. The second kappa shape index (κ2) is 13.3. The second-order valence-corrected chi connectivity index (χ2v) is 15.0. The number of hydrogen-bond donors (Lipinski definition) is 1. The topological polar surface area (TPSA) is 60.1 Å². The first-order valence-electron chi connectivity index (χ1n) is 19.8. The lowest BCUT2D eigenvalue weighted by molar-refractivity contribution is 0.358. The van der Waals surface area contributed by atoms with Crippen LogP contribution in [0.25, 0.3) is 60.2 Å². The zero-order chi connectivity index (χ0) is 38.9. The Balaban J connectivity index is 1.01. The molecule has 59 heavy (non-hydrogen) atoms. The van der Waals surface area contributed by atoms with Crippen molar-refractivity contribution in [2.45, 2.75) is 6.17 Å². The molecular weight excluding hydrogens is 725 g/mol. The number of ether oxygens (including phenoxy) is 2. The molecule has 6 nitrogen and oxygen atoms in total. The third-order valence-electron chi connectivity index (χ3n) is 11.5. The number of rotatable bonds is 5. The quantitative estimate of drug-likeness (QED) is 0.178. The molecule has 12 rings (SSSR count). The first-order chi connectivity index (χ1) is 29.2. The summed E-state index contributed by atoms with van der Waals surface area (Å²) in [6.45, 7) is 0. The van der Waals surface area contributed by atoms with E-state index in [-0.39, 0.29) is 0 Å². The molecule has 0 saturated carbocycles. The molecule has 0 bridgehead atoms. The lowest BCUT2D eigenvalue weighted by Crippen LogP contribution is -2.34. The Morgan fingerprint density at radius 2 is 1.07 bits per heavy atom. The second-order valence-electron chi connectivity index (χ2n) is 15.0. The third-order valence-corrected chi connectivity index (χ3v) is 11.5. The van der Waals surface area contributed by atoms with Gasteiger partial charge in [-0.25, -0.2) is 9.98 Å². The number of benzene rings is 9. The molecule has 3 heterocycles. The van der Waals surface area contributed by atoms with Crippen molar-refractivity contribution in [3.63, 3.8) is 0 Å². The predicted octanol–water partition coefficient (Wildman–Crippen LogP) is 13.2. The highest BCUT2D eigenvalue weighted by Gasteiger charge is 2.30. The van der Waals surface area contributed by atoms with E-state index in [1.54, 1.807) is 0 Å². The summed E-state index contributed by atoms with van der Waals surface area (Å²) in [7, 11) is 0. The molecule has 1 aromatic heterocycles. The Bertz CT molecular complexity index is 3310. The zero-order valence-corrected chi connectivity index (χ0v) is 31.7. The van der Waals surface area contributed by atoms with Crippen LogP contribution in [0.2, 0.25) is 0 Å². The molecule has 1 N–H and O–H groups in total. The van der Waals surface area contributed by atoms with Crippen molar-refractivity contribution in [3.8, 4) is 39.8 Å². The molecule has 0 saturated heterocycles. The minimum Gasteiger partial charge on any atom is -0.449 e. The molecule has 6 heteroatoms. The minimum atomic E-state index is -0.440. The number of aromatic nitrogens is 1. The van der Waals surface area contributed by atoms with Gasteiger partial charge in [-0.15, -0.1) is 0 Å². The van der Waals surface area contributed by atoms with Gasteiger partial charge in [0.25, 0.3) is 0 Å². The monoisotopic (exact) mass is 758 g/mol. The zero-order valence-electron chi connectivity index (χ0n) is 31.7. The number of nitrogens with one attached hydrogen (secondary N) is 1. The molecule has 0 radical (unpaired) electrons. The molecule has 9 aromatic carbocycles. The normalized spacial score (nSPS) is 14.5. The number of para-hydroxylation sites is 4. The van der Waals surface area contributed by atoms with Gasteiger partial charge in [-0.1, -0.05) is 152 Å². The fourth-order valence-electron chi connectivity index (χ4n) is 8.73. The van der Waals surface area contributed by atoms with E-state index in [4.69, 9.17) is 19.5 Å². The summed E-state index contributed by atoms with van der Waals surface area (Å²) in [6, 6.07) is 67.5. The van der Waals surface area contributed by atoms with Crippen molar-refractivity contribution < 1.29 is 9.47 Å². The molecule has 1 unspecified atom stereocenters. The highest BCUT2D eigenvalue weighted by atomic mass is 16.6. The van der Waals surface area contributed by atoms with Gasteiger partial charge < -0.3 is 19.4 Å². The molecule has 278 valence electrons. The van der Waals surface area contributed by atoms with Gasteiger partial charge in [0.15, 0.2) is 28.8 Å². The minimum absolute atomic E-state index is 0.440. The van der Waals surface area contributed by atoms with E-state index in [2.05, 4.69) is 162 Å². The van der Waals surface area contributed by atoms with Crippen LogP contribution in [0.5, 0.6) is 23.0 Å². The van der Waals surface area contributed by atoms with Crippen LogP contribution in [0.15, 0.2) is 204 Å². The molecule has 10 aromatic rings. The fourth-order valence-corrected chi connectivity index (χ4v) is 8.73. The van der Waals surface area contributed by atoms with Gasteiger partial charge in [-0.05, 0) is 74.6 Å². The molecule has 0 amide bonds. The lowest BCUT2D eigenvalue weighted by atomic mass is 9.93. The van der Waals surface area contributed by atoms with E-state index in [0.29, 0.717) is 34.7 Å². The van der Waals surface area contributed by atoms with Crippen LogP contribution in [0.1, 0.15) is 22.9 Å². The summed E-state index contributed by atoms with van der Waals surface area (Å²) in [4.78, 5) is 10.5. The van der Waals surface area contributed by atoms with E-state index in [1.807, 2.05) is 42.5 Å². The largest absolute Gasteiger partial charge is 0.449 e. The number of fused-ring (bicyclic) bond motifs is 8. The highest BCUT2D eigenvalue weighted by molar-refractivity contribution is 6.16. The SMILES string of the molecule is c1ccc(C2=NC(c3ccc(-c4cc5ccccc5c5ccccc45)cc3)NC(c3cc(-n4c5ccccc5c5ccccc54)cc4c3Oc3ccccc3O4)=N2)cc1. The molecule has 0 aliphatic carbocycles. The maximum absolute atomic E-state index is 6.73. The summed E-state index contributed by atoms with van der Waals surface area (Å²) in [5.74, 6) is 3.76. The summed E-state index contributed by atoms with van der Waals surface area (Å²) < 4.78 is 15.7. The van der Waals surface area contributed by atoms with E-state index in [9.17, 15) is 0 Å². The van der Waals surface area contributed by atoms with Crippen LogP contribution in [0.4, 0.5) is 0 Å². The number of amidine groups is 2. The first-order valence-corrected chi connectivity index (χ1v) is 19.8. The van der Waals surface area contributed by atoms with Crippen LogP contribution in [-0.4, -0.2) is 16.2 Å². The third kappa shape index (κ3) is 5.49. The van der Waals surface area contributed by atoms with Gasteiger partial charge in [-0.3, -0.25) is 0 Å². The van der Waals surface area contributed by atoms with Crippen LogP contribution >= 0.6 is 0 Å². The van der Waals surface area contributed by atoms with Crippen molar-refractivity contribution in [1.29, 1.82) is 0 Å². The van der Waals surface area contributed by atoms with Crippen molar-refractivity contribution in [3.05, 3.63) is 211 Å². The molecule has 1 atom stereocenters. The van der Waals surface area contributed by atoms with Crippen LogP contribution in [-0.2, 0) is 0 Å². The van der Waals surface area contributed by atoms with Crippen molar-refractivity contribution in [2.24, 2.45) is 9.98 Å². The van der Waals surface area contributed by atoms with Gasteiger partial charge in [0.2, 0.25) is 0 Å². The smallest absolute Gasteiger partial charge is 0.181 e. The Kier molecular flexibility index (Phi) is 7.50. The van der Waals surface area contributed by atoms with Gasteiger partial charge in [0.1, 0.15) is 12.0 Å². The summed E-state index contributed by atoms with van der Waals surface area (Å²) in [5, 5.41) is 11.0. The summed E-state index contributed by atoms with van der Waals surface area (Å²) in [6.07, 6.45) is -0.440. The molecule has 2 aliphatic heterocycles. The van der Waals surface area contributed by atoms with Crippen molar-refractivity contribution in [1.82, 2.24) is 9.88 Å². The fraction of sp³-hybridized carbons (Fsp3) is 0.0189. The Morgan fingerprint density at radius 1 is 0.458 bits per heavy atom. The summed E-state index contributed by atoms with van der Waals surface area (Å²) in [5.41, 5.74) is 8.16. The van der Waals surface area contributed by atoms with E-state index >= 15 is 0 Å². The molecular formula is C53H34N4O2. The van der Waals surface area contributed by atoms with Gasteiger partial charge >= 0.3 is 0 Å². The maximum Gasteiger partial charge on any atom is 0.181 e. The van der Waals surface area contributed by atoms with Crippen LogP contribution in [0.3, 0.4) is 0 Å². The van der Waals surface area contributed by atoms with E-state index in [0.717, 1.165) is 39.0 Å². The van der Waals surface area contributed by atoms with E-state index < -0.39 is 6.17 Å². The van der Waals surface area contributed by atoms with Crippen molar-refractivity contribution in [2.75, 3.05) is 0 Å². The highest BCUT2D eigenvalue weighted by Crippen LogP contribution is 2.49. The Morgan fingerprint density at radius 3 is 1.81 bits per heavy atom. The Hall–Kier alpha value is -7.96. The van der Waals surface area contributed by atoms with Gasteiger partial charge in [0.05, 0.1) is 22.3 Å². The Labute approximate surface area is 340 Å². The standard InChI is InChI=1S/C53H34N4O2/c1-2-14-34(15-3-1)51-54-52(35-28-26-33(27-29-35)43-30-36-16-4-5-17-38(36)39-18-6-7-19-40(39)43)56-53(55-51)44-31-37(32-49-50(44)59-48-25-13-12-24-47(48)58-49)57-45-22-10-8-20-41(45)42-21-9-11-23-46(42)57/h1-32,52H,(H,54,55,56). The van der Waals surface area contributed by atoms with Crippen LogP contribution < -0.4 is 14.8 Å².